The molecule has 3 unspecified atom stereocenters. The molecule has 3 heteroatoms. The van der Waals surface area contributed by atoms with Crippen LogP contribution in [0, 0.1) is 11.8 Å². The van der Waals surface area contributed by atoms with Gasteiger partial charge >= 0.3 is 0 Å². The minimum absolute atomic E-state index is 0.210. The van der Waals surface area contributed by atoms with E-state index >= 15 is 0 Å². The number of nitrogens with zero attached hydrogens (tertiary/aromatic N) is 1. The van der Waals surface area contributed by atoms with Gasteiger partial charge < -0.3 is 10.6 Å². The van der Waals surface area contributed by atoms with Gasteiger partial charge in [0.1, 0.15) is 0 Å². The van der Waals surface area contributed by atoms with E-state index in [9.17, 15) is 4.79 Å². The Morgan fingerprint density at radius 2 is 1.84 bits per heavy atom. The molecule has 25 heavy (non-hydrogen) atoms. The average Bonchev–Trinajstić information content (AvgIpc) is 3.13. The number of benzene rings is 1. The third-order valence-corrected chi connectivity index (χ3v) is 6.19. The van der Waals surface area contributed by atoms with E-state index in [1.54, 1.807) is 0 Å². The van der Waals surface area contributed by atoms with Crippen molar-refractivity contribution in [3.8, 4) is 0 Å². The first-order valence-corrected chi connectivity index (χ1v) is 9.97. The van der Waals surface area contributed by atoms with Gasteiger partial charge in [0.25, 0.3) is 0 Å². The van der Waals surface area contributed by atoms with Crippen molar-refractivity contribution in [2.45, 2.75) is 70.8 Å². The van der Waals surface area contributed by atoms with Crippen LogP contribution in [0.4, 0.5) is 0 Å². The van der Waals surface area contributed by atoms with Crippen LogP contribution in [0.1, 0.15) is 64.0 Å². The predicted molar refractivity (Wildman–Crippen MR) is 103 cm³/mol. The number of rotatable bonds is 5. The van der Waals surface area contributed by atoms with Crippen LogP contribution >= 0.6 is 0 Å². The third-order valence-electron chi connectivity index (χ3n) is 6.19. The van der Waals surface area contributed by atoms with Crippen molar-refractivity contribution in [3.05, 3.63) is 35.4 Å². The molecule has 0 radical (unpaired) electrons. The molecule has 2 N–H and O–H groups in total. The van der Waals surface area contributed by atoms with E-state index in [4.69, 9.17) is 5.73 Å². The van der Waals surface area contributed by atoms with E-state index in [-0.39, 0.29) is 5.41 Å². The zero-order valence-electron chi connectivity index (χ0n) is 16.1. The van der Waals surface area contributed by atoms with Crippen LogP contribution in [0.5, 0.6) is 0 Å². The van der Waals surface area contributed by atoms with Gasteiger partial charge in [0.05, 0.1) is 0 Å². The molecule has 1 aliphatic heterocycles. The molecule has 3 rings (SSSR count). The highest BCUT2D eigenvalue weighted by Gasteiger charge is 2.42. The summed E-state index contributed by atoms with van der Waals surface area (Å²) in [6.45, 7) is 8.58. The second kappa shape index (κ2) is 7.49. The molecule has 138 valence electrons. The minimum Gasteiger partial charge on any atom is -0.342 e. The van der Waals surface area contributed by atoms with E-state index < -0.39 is 0 Å². The normalized spacial score (nSPS) is 26.1. The van der Waals surface area contributed by atoms with Crippen LogP contribution in [0.3, 0.4) is 0 Å². The first-order valence-electron chi connectivity index (χ1n) is 9.97. The number of amides is 1. The molecule has 1 aromatic carbocycles. The topological polar surface area (TPSA) is 46.3 Å². The number of carbonyl (C=O) groups is 1. The first-order chi connectivity index (χ1) is 11.8. The van der Waals surface area contributed by atoms with Gasteiger partial charge in [0, 0.05) is 25.6 Å². The van der Waals surface area contributed by atoms with Gasteiger partial charge in [-0.25, -0.2) is 0 Å². The van der Waals surface area contributed by atoms with Gasteiger partial charge in [0.2, 0.25) is 5.91 Å². The van der Waals surface area contributed by atoms with Crippen molar-refractivity contribution in [2.75, 3.05) is 13.1 Å². The lowest BCUT2D eigenvalue weighted by atomic mass is 9.86. The van der Waals surface area contributed by atoms with Crippen LogP contribution in [0.15, 0.2) is 24.3 Å². The lowest BCUT2D eigenvalue weighted by Crippen LogP contribution is -2.33. The molecule has 3 atom stereocenters. The molecule has 2 fully saturated rings. The van der Waals surface area contributed by atoms with Crippen LogP contribution in [0.2, 0.25) is 0 Å². The van der Waals surface area contributed by atoms with Crippen LogP contribution < -0.4 is 5.73 Å². The highest BCUT2D eigenvalue weighted by Crippen LogP contribution is 2.37. The maximum absolute atomic E-state index is 12.4. The summed E-state index contributed by atoms with van der Waals surface area (Å²) in [5, 5.41) is 0. The van der Waals surface area contributed by atoms with Crippen LogP contribution in [-0.4, -0.2) is 29.9 Å². The number of hydrogen-bond acceptors (Lipinski definition) is 2. The van der Waals surface area contributed by atoms with Gasteiger partial charge in [-0.3, -0.25) is 4.79 Å². The number of aryl methyl sites for hydroxylation is 1. The molecule has 2 aliphatic rings. The Kier molecular flexibility index (Phi) is 5.52. The molecule has 1 aromatic rings. The monoisotopic (exact) mass is 342 g/mol. The Hall–Kier alpha value is -1.35. The summed E-state index contributed by atoms with van der Waals surface area (Å²) >= 11 is 0. The minimum atomic E-state index is 0.210. The standard InChI is InChI=1S/C22H34N2O/c1-22(2,3)18-11-8-16(9-12-18)6-4-5-7-21(25)24-14-17-10-13-20(23)19(17)15-24/h8-9,11-12,17,19-20H,4-7,10,13-15,23H2,1-3H3. The molecule has 0 spiro atoms. The fourth-order valence-electron chi connectivity index (χ4n) is 4.45. The summed E-state index contributed by atoms with van der Waals surface area (Å²) in [7, 11) is 0. The zero-order valence-corrected chi connectivity index (χ0v) is 16.1. The first kappa shape index (κ1) is 18.4. The van der Waals surface area contributed by atoms with Crippen molar-refractivity contribution in [1.82, 2.24) is 4.90 Å². The number of likely N-dealkylation sites (tertiary alicyclic amines) is 1. The van der Waals surface area contributed by atoms with E-state index in [0.29, 0.717) is 30.2 Å². The molecule has 1 saturated carbocycles. The summed E-state index contributed by atoms with van der Waals surface area (Å²) < 4.78 is 0. The molecule has 0 bridgehead atoms. The summed E-state index contributed by atoms with van der Waals surface area (Å²) in [5.74, 6) is 1.57. The Labute approximate surface area is 153 Å². The van der Waals surface area contributed by atoms with E-state index in [0.717, 1.165) is 38.8 Å². The van der Waals surface area contributed by atoms with E-state index in [1.807, 2.05) is 0 Å². The van der Waals surface area contributed by atoms with Gasteiger partial charge in [0.15, 0.2) is 0 Å². The summed E-state index contributed by atoms with van der Waals surface area (Å²) in [4.78, 5) is 14.5. The largest absolute Gasteiger partial charge is 0.342 e. The number of carbonyl (C=O) groups excluding carboxylic acids is 1. The van der Waals surface area contributed by atoms with Crippen molar-refractivity contribution < 1.29 is 4.79 Å². The highest BCUT2D eigenvalue weighted by atomic mass is 16.2. The summed E-state index contributed by atoms with van der Waals surface area (Å²) in [6, 6.07) is 9.29. The maximum atomic E-state index is 12.4. The lowest BCUT2D eigenvalue weighted by Gasteiger charge is -2.19. The van der Waals surface area contributed by atoms with E-state index in [2.05, 4.69) is 49.9 Å². The second-order valence-electron chi connectivity index (χ2n) is 9.12. The number of nitrogens with two attached hydrogens (primary N) is 1. The third kappa shape index (κ3) is 4.44. The number of unbranched alkanes of at least 4 members (excludes halogenated alkanes) is 1. The molecule has 1 heterocycles. The molecule has 1 amide bonds. The fraction of sp³-hybridized carbons (Fsp3) is 0.682. The Morgan fingerprint density at radius 3 is 2.48 bits per heavy atom. The lowest BCUT2D eigenvalue weighted by molar-refractivity contribution is -0.130. The van der Waals surface area contributed by atoms with Gasteiger partial charge in [-0.05, 0) is 60.5 Å². The van der Waals surface area contributed by atoms with Crippen LogP contribution in [-0.2, 0) is 16.6 Å². The number of fused-ring (bicyclic) bond motifs is 1. The van der Waals surface area contributed by atoms with Crippen LogP contribution in [0.25, 0.3) is 0 Å². The maximum Gasteiger partial charge on any atom is 0.222 e. The SMILES string of the molecule is CC(C)(C)c1ccc(CCCCC(=O)N2CC3CCC(N)C3C2)cc1. The van der Waals surface area contributed by atoms with Gasteiger partial charge in [-0.2, -0.15) is 0 Å². The molecule has 1 saturated heterocycles. The second-order valence-corrected chi connectivity index (χ2v) is 9.12. The van der Waals surface area contributed by atoms with E-state index in [1.165, 1.54) is 17.5 Å². The molecule has 3 nitrogen and oxygen atoms in total. The quantitative estimate of drug-likeness (QED) is 0.825. The number of hydrogen-bond donors (Lipinski definition) is 1. The van der Waals surface area contributed by atoms with Gasteiger partial charge in [-0.15, -0.1) is 0 Å². The van der Waals surface area contributed by atoms with Crippen molar-refractivity contribution in [3.63, 3.8) is 0 Å². The predicted octanol–water partition coefficient (Wildman–Crippen LogP) is 3.89. The zero-order chi connectivity index (χ0) is 18.0. The van der Waals surface area contributed by atoms with Gasteiger partial charge in [-0.1, -0.05) is 45.0 Å². The van der Waals surface area contributed by atoms with Crippen molar-refractivity contribution in [2.24, 2.45) is 17.6 Å². The molecule has 0 aromatic heterocycles. The smallest absolute Gasteiger partial charge is 0.222 e. The fourth-order valence-corrected chi connectivity index (χ4v) is 4.45. The Bertz CT molecular complexity index is 587. The summed E-state index contributed by atoms with van der Waals surface area (Å²) in [6.07, 6.45) is 6.17. The molecule has 1 aliphatic carbocycles. The molecular formula is C22H34N2O. The highest BCUT2D eigenvalue weighted by molar-refractivity contribution is 5.76. The van der Waals surface area contributed by atoms with Crippen molar-refractivity contribution in [1.29, 1.82) is 0 Å². The molecular weight excluding hydrogens is 308 g/mol. The Balaban J connectivity index is 1.38. The van der Waals surface area contributed by atoms with Crippen molar-refractivity contribution >= 4 is 5.91 Å². The average molecular weight is 343 g/mol. The summed E-state index contributed by atoms with van der Waals surface area (Å²) in [5.41, 5.74) is 9.13. The Morgan fingerprint density at radius 1 is 1.12 bits per heavy atom.